The first kappa shape index (κ1) is 13.7. The molecule has 0 spiro atoms. The number of nitrogens with zero attached hydrogens (tertiary/aromatic N) is 1. The first-order valence-electron chi connectivity index (χ1n) is 4.77. The lowest BCUT2D eigenvalue weighted by Gasteiger charge is -2.10. The molecular formula is C10H11N2O6. The van der Waals surface area contributed by atoms with E-state index >= 15 is 0 Å². The third kappa shape index (κ3) is 3.08. The van der Waals surface area contributed by atoms with Crippen molar-refractivity contribution in [3.63, 3.8) is 0 Å². The molecule has 0 saturated heterocycles. The Hall–Kier alpha value is -2.35. The zero-order valence-electron chi connectivity index (χ0n) is 9.76. The molecule has 1 radical (unpaired) electrons. The first-order valence-corrected chi connectivity index (χ1v) is 4.77. The van der Waals surface area contributed by atoms with E-state index in [4.69, 9.17) is 9.47 Å². The van der Waals surface area contributed by atoms with E-state index in [0.717, 1.165) is 0 Å². The molecule has 1 aromatic carbocycles. The molecule has 0 aliphatic heterocycles. The highest BCUT2D eigenvalue weighted by Gasteiger charge is 2.19. The fourth-order valence-corrected chi connectivity index (χ4v) is 1.34. The van der Waals surface area contributed by atoms with Crippen LogP contribution in [0, 0.1) is 10.1 Å². The molecule has 1 amide bonds. The summed E-state index contributed by atoms with van der Waals surface area (Å²) in [6.45, 7) is -0.189. The smallest absolute Gasteiger partial charge is 0.335 e. The SMILES string of the molecule is COc1cc(CON[C]=O)c([N+](=O)[O-])cc1OC. The Morgan fingerprint density at radius 1 is 1.33 bits per heavy atom. The van der Waals surface area contributed by atoms with Gasteiger partial charge in [-0.15, -0.1) is 0 Å². The third-order valence-electron chi connectivity index (χ3n) is 2.12. The largest absolute Gasteiger partial charge is 0.493 e. The van der Waals surface area contributed by atoms with E-state index in [1.54, 1.807) is 0 Å². The van der Waals surface area contributed by atoms with Crippen molar-refractivity contribution in [2.24, 2.45) is 0 Å². The van der Waals surface area contributed by atoms with Crippen molar-refractivity contribution in [1.82, 2.24) is 5.48 Å². The van der Waals surface area contributed by atoms with Crippen LogP contribution in [0.15, 0.2) is 12.1 Å². The summed E-state index contributed by atoms with van der Waals surface area (Å²) < 4.78 is 9.98. The lowest BCUT2D eigenvalue weighted by molar-refractivity contribution is -0.386. The van der Waals surface area contributed by atoms with E-state index in [-0.39, 0.29) is 23.6 Å². The molecule has 1 N–H and O–H groups in total. The number of nitro groups is 1. The van der Waals surface area contributed by atoms with Gasteiger partial charge in [0.25, 0.3) is 5.69 Å². The van der Waals surface area contributed by atoms with E-state index in [9.17, 15) is 14.9 Å². The van der Waals surface area contributed by atoms with Crippen LogP contribution in [-0.4, -0.2) is 25.6 Å². The van der Waals surface area contributed by atoms with Crippen molar-refractivity contribution in [3.05, 3.63) is 27.8 Å². The van der Waals surface area contributed by atoms with E-state index in [1.165, 1.54) is 32.8 Å². The van der Waals surface area contributed by atoms with Gasteiger partial charge < -0.3 is 9.47 Å². The lowest BCUT2D eigenvalue weighted by atomic mass is 10.1. The topological polar surface area (TPSA) is 99.9 Å². The summed E-state index contributed by atoms with van der Waals surface area (Å²) in [6, 6.07) is 2.63. The van der Waals surface area contributed by atoms with Crippen LogP contribution in [0.5, 0.6) is 11.5 Å². The van der Waals surface area contributed by atoms with Gasteiger partial charge in [0.05, 0.1) is 30.8 Å². The number of hydroxylamine groups is 1. The molecule has 0 aromatic heterocycles. The Morgan fingerprint density at radius 3 is 2.44 bits per heavy atom. The Bertz CT molecular complexity index is 448. The Labute approximate surface area is 103 Å². The molecule has 0 atom stereocenters. The van der Waals surface area contributed by atoms with Gasteiger partial charge >= 0.3 is 6.41 Å². The average molecular weight is 255 g/mol. The van der Waals surface area contributed by atoms with E-state index in [1.807, 2.05) is 5.48 Å². The second kappa shape index (κ2) is 6.40. The highest BCUT2D eigenvalue weighted by molar-refractivity contribution is 5.54. The summed E-state index contributed by atoms with van der Waals surface area (Å²) in [5.74, 6) is 0.569. The molecule has 0 fully saturated rings. The van der Waals surface area contributed by atoms with Crippen LogP contribution in [0.2, 0.25) is 0 Å². The zero-order valence-corrected chi connectivity index (χ0v) is 9.76. The van der Waals surface area contributed by atoms with Gasteiger partial charge in [-0.05, 0) is 6.07 Å². The van der Waals surface area contributed by atoms with Crippen LogP contribution in [0.4, 0.5) is 5.69 Å². The summed E-state index contributed by atoms with van der Waals surface area (Å²) in [5, 5.41) is 10.9. The predicted octanol–water partition coefficient (Wildman–Crippen LogP) is 0.700. The number of methoxy groups -OCH3 is 2. The van der Waals surface area contributed by atoms with Gasteiger partial charge in [-0.25, -0.2) is 5.48 Å². The third-order valence-corrected chi connectivity index (χ3v) is 2.12. The van der Waals surface area contributed by atoms with Crippen LogP contribution in [0.25, 0.3) is 0 Å². The molecular weight excluding hydrogens is 244 g/mol. The zero-order chi connectivity index (χ0) is 13.5. The molecule has 18 heavy (non-hydrogen) atoms. The van der Waals surface area contributed by atoms with Gasteiger partial charge in [0.2, 0.25) is 0 Å². The summed E-state index contributed by atoms with van der Waals surface area (Å²) in [5.41, 5.74) is 1.87. The van der Waals surface area contributed by atoms with Crippen LogP contribution in [0.1, 0.15) is 5.56 Å². The number of nitrogens with one attached hydrogen (secondary N) is 1. The summed E-state index contributed by atoms with van der Waals surface area (Å²) in [6.07, 6.45) is 1.29. The van der Waals surface area contributed by atoms with Crippen LogP contribution < -0.4 is 15.0 Å². The van der Waals surface area contributed by atoms with E-state index in [0.29, 0.717) is 5.75 Å². The summed E-state index contributed by atoms with van der Waals surface area (Å²) in [7, 11) is 2.78. The van der Waals surface area contributed by atoms with Gasteiger partial charge in [0.1, 0.15) is 6.61 Å². The normalized spacial score (nSPS) is 9.67. The number of nitro benzene ring substituents is 1. The number of hydrogen-bond acceptors (Lipinski definition) is 6. The fraction of sp³-hybridized carbons (Fsp3) is 0.300. The van der Waals surface area contributed by atoms with Gasteiger partial charge in [-0.1, -0.05) is 0 Å². The maximum absolute atomic E-state index is 10.9. The Kier molecular flexibility index (Phi) is 4.88. The minimum absolute atomic E-state index is 0.189. The number of amides is 1. The number of rotatable bonds is 7. The summed E-state index contributed by atoms with van der Waals surface area (Å²) in [4.78, 5) is 24.9. The average Bonchev–Trinajstić information content (AvgIpc) is 2.38. The van der Waals surface area contributed by atoms with Crippen molar-refractivity contribution < 1.29 is 24.0 Å². The van der Waals surface area contributed by atoms with Gasteiger partial charge in [0.15, 0.2) is 11.5 Å². The number of hydrogen-bond donors (Lipinski definition) is 1. The van der Waals surface area contributed by atoms with Crippen LogP contribution >= 0.6 is 0 Å². The van der Waals surface area contributed by atoms with Crippen LogP contribution in [-0.2, 0) is 16.2 Å². The molecule has 1 rings (SSSR count). The molecule has 0 bridgehead atoms. The monoisotopic (exact) mass is 255 g/mol. The number of carbonyl (C=O) groups excluding carboxylic acids is 1. The standard InChI is InChI=1S/C10H11N2O6/c1-16-9-3-7(5-18-11-6-13)8(12(14)15)4-10(9)17-2/h3-4H,5H2,1-2H3,(H,11,13). The van der Waals surface area contributed by atoms with Crippen LogP contribution in [0.3, 0.4) is 0 Å². The molecule has 8 nitrogen and oxygen atoms in total. The number of ether oxygens (including phenoxy) is 2. The first-order chi connectivity index (χ1) is 8.63. The highest BCUT2D eigenvalue weighted by Crippen LogP contribution is 2.34. The maximum Gasteiger partial charge on any atom is 0.335 e. The van der Waals surface area contributed by atoms with Crippen molar-refractivity contribution >= 4 is 12.1 Å². The lowest BCUT2D eigenvalue weighted by Crippen LogP contribution is -2.12. The second-order valence-corrected chi connectivity index (χ2v) is 3.09. The predicted molar refractivity (Wildman–Crippen MR) is 59.8 cm³/mol. The van der Waals surface area contributed by atoms with Gasteiger partial charge in [0, 0.05) is 0 Å². The quantitative estimate of drug-likeness (QED) is 0.333. The van der Waals surface area contributed by atoms with Crippen molar-refractivity contribution in [3.8, 4) is 11.5 Å². The molecule has 0 heterocycles. The minimum atomic E-state index is -0.578. The minimum Gasteiger partial charge on any atom is -0.493 e. The fourth-order valence-electron chi connectivity index (χ4n) is 1.34. The van der Waals surface area contributed by atoms with Crippen molar-refractivity contribution in [2.45, 2.75) is 6.61 Å². The van der Waals surface area contributed by atoms with Crippen molar-refractivity contribution in [1.29, 1.82) is 0 Å². The Balaban J connectivity index is 3.11. The Morgan fingerprint density at radius 2 is 1.94 bits per heavy atom. The summed E-state index contributed by atoms with van der Waals surface area (Å²) >= 11 is 0. The molecule has 0 aliphatic carbocycles. The van der Waals surface area contributed by atoms with E-state index < -0.39 is 4.92 Å². The second-order valence-electron chi connectivity index (χ2n) is 3.09. The molecule has 0 saturated carbocycles. The highest BCUT2D eigenvalue weighted by atomic mass is 16.6. The van der Waals surface area contributed by atoms with Gasteiger partial charge in [-0.2, -0.15) is 0 Å². The van der Waals surface area contributed by atoms with Gasteiger partial charge in [-0.3, -0.25) is 19.7 Å². The molecule has 8 heteroatoms. The van der Waals surface area contributed by atoms with E-state index in [2.05, 4.69) is 4.84 Å². The molecule has 1 aromatic rings. The molecule has 0 aliphatic rings. The van der Waals surface area contributed by atoms with Crippen molar-refractivity contribution in [2.75, 3.05) is 14.2 Å². The maximum atomic E-state index is 10.9. The molecule has 97 valence electrons. The molecule has 0 unspecified atom stereocenters. The number of benzene rings is 1.